The first-order chi connectivity index (χ1) is 16.7. The number of aliphatic hydroxyl groups excluding tert-OH is 2. The van der Waals surface area contributed by atoms with Gasteiger partial charge >= 0.3 is 5.97 Å². The van der Waals surface area contributed by atoms with Gasteiger partial charge in [-0.15, -0.1) is 0 Å². The number of rotatable bonds is 2. The van der Waals surface area contributed by atoms with Crippen LogP contribution in [0.25, 0.3) is 6.08 Å². The normalized spacial score (nSPS) is 36.6. The van der Waals surface area contributed by atoms with Crippen molar-refractivity contribution in [3.63, 3.8) is 0 Å². The van der Waals surface area contributed by atoms with Crippen LogP contribution in [-0.2, 0) is 14.3 Å². The van der Waals surface area contributed by atoms with Crippen molar-refractivity contribution in [1.29, 1.82) is 0 Å². The van der Waals surface area contributed by atoms with Crippen LogP contribution in [0.4, 0.5) is 0 Å². The number of aliphatic hydroxyl groups is 2. The minimum Gasteiger partial charge on any atom is -0.458 e. The van der Waals surface area contributed by atoms with Crippen molar-refractivity contribution in [2.75, 3.05) is 0 Å². The molecule has 7 atom stereocenters. The number of carbonyl (C=O) groups excluding carboxylic acids is 2. The minimum atomic E-state index is -1.20. The van der Waals surface area contributed by atoms with Gasteiger partial charge in [-0.05, 0) is 80.1 Å². The van der Waals surface area contributed by atoms with E-state index in [-0.39, 0.29) is 23.5 Å². The predicted molar refractivity (Wildman–Crippen MR) is 141 cm³/mol. The van der Waals surface area contributed by atoms with E-state index in [9.17, 15) is 19.8 Å². The van der Waals surface area contributed by atoms with Crippen LogP contribution in [-0.4, -0.2) is 45.3 Å². The molecule has 6 nitrogen and oxygen atoms in total. The zero-order valence-corrected chi connectivity index (χ0v) is 23.1. The number of fused-ring (bicyclic) bond motifs is 1. The van der Waals surface area contributed by atoms with E-state index >= 15 is 0 Å². The van der Waals surface area contributed by atoms with Crippen molar-refractivity contribution in [1.82, 2.24) is 4.98 Å². The van der Waals surface area contributed by atoms with Crippen molar-refractivity contribution in [2.45, 2.75) is 105 Å². The topological polar surface area (TPSA) is 96.7 Å². The number of carbonyl (C=O) groups is 2. The summed E-state index contributed by atoms with van der Waals surface area (Å²) in [6, 6.07) is 3.95. The number of aryl methyl sites for hydroxylation is 1. The standard InChI is InChI=1S/C30H45NO5/c1-18-10-11-23(31-17-18)13-20(3)24-14-22-16-30(22,7)12-8-9-19(2)27(34)21(4)28(35)29(5,6)25(32)15-26(33)36-24/h10-11,13,17,19,21-22,24-25,27,32,34H,8-9,12,14-16H2,1-7H3/b20-13+/t19-,21+,22+,24-,25-,27-,30+/m0/s1. The number of esters is 1. The summed E-state index contributed by atoms with van der Waals surface area (Å²) in [6.45, 7) is 13.3. The summed E-state index contributed by atoms with van der Waals surface area (Å²) >= 11 is 0. The molecule has 3 rings (SSSR count). The lowest BCUT2D eigenvalue weighted by atomic mass is 9.73. The van der Waals surface area contributed by atoms with E-state index in [1.165, 1.54) is 0 Å². The first kappa shape index (κ1) is 28.5. The summed E-state index contributed by atoms with van der Waals surface area (Å²) in [5.41, 5.74) is 1.82. The fourth-order valence-corrected chi connectivity index (χ4v) is 5.67. The average Bonchev–Trinajstić information content (AvgIpc) is 3.46. The summed E-state index contributed by atoms with van der Waals surface area (Å²) in [6.07, 6.45) is 5.79. The SMILES string of the molecule is C/C(=C\c1ccc(C)cn1)[C@@H]1C[C@@H]2C[C@@]2(C)CCC[C@H](C)[C@H](O)[C@@H](C)C(=O)C(C)(C)[C@@H](O)CC(=O)O1. The number of nitrogens with zero attached hydrogens (tertiary/aromatic N) is 1. The van der Waals surface area contributed by atoms with Gasteiger partial charge in [0.15, 0.2) is 0 Å². The Morgan fingerprint density at radius 2 is 1.86 bits per heavy atom. The van der Waals surface area contributed by atoms with Crippen LogP contribution in [0.15, 0.2) is 23.9 Å². The number of ketones is 1. The second-order valence-corrected chi connectivity index (χ2v) is 12.4. The summed E-state index contributed by atoms with van der Waals surface area (Å²) < 4.78 is 5.96. The fraction of sp³-hybridized carbons (Fsp3) is 0.700. The molecule has 2 fully saturated rings. The molecule has 1 saturated carbocycles. The second kappa shape index (κ2) is 11.1. The van der Waals surface area contributed by atoms with E-state index in [1.54, 1.807) is 20.8 Å². The fourth-order valence-electron chi connectivity index (χ4n) is 5.67. The van der Waals surface area contributed by atoms with Gasteiger partial charge in [0.2, 0.25) is 0 Å². The Bertz CT molecular complexity index is 968. The molecule has 2 heterocycles. The Hall–Kier alpha value is -2.05. The van der Waals surface area contributed by atoms with Crippen LogP contribution in [0, 0.1) is 35.5 Å². The lowest BCUT2D eigenvalue weighted by Crippen LogP contribution is -2.45. The Morgan fingerprint density at radius 3 is 2.50 bits per heavy atom. The number of Topliss-reactive ketones (excluding diaryl/α,β-unsaturated/α-hetero) is 1. The first-order valence-electron chi connectivity index (χ1n) is 13.5. The van der Waals surface area contributed by atoms with E-state index in [4.69, 9.17) is 4.74 Å². The molecule has 2 N–H and O–H groups in total. The molecular weight excluding hydrogens is 454 g/mol. The van der Waals surface area contributed by atoms with Gasteiger partial charge < -0.3 is 14.9 Å². The average molecular weight is 500 g/mol. The highest BCUT2D eigenvalue weighted by Crippen LogP contribution is 2.58. The highest BCUT2D eigenvalue weighted by atomic mass is 16.5. The zero-order valence-electron chi connectivity index (χ0n) is 23.1. The predicted octanol–water partition coefficient (Wildman–Crippen LogP) is 5.28. The minimum absolute atomic E-state index is 0.0181. The van der Waals surface area contributed by atoms with Crippen molar-refractivity contribution < 1.29 is 24.5 Å². The number of ether oxygens (including phenoxy) is 1. The maximum Gasteiger partial charge on any atom is 0.309 e. The Morgan fingerprint density at radius 1 is 1.17 bits per heavy atom. The molecule has 0 spiro atoms. The van der Waals surface area contributed by atoms with Gasteiger partial charge in [0.1, 0.15) is 11.9 Å². The number of hydrogen-bond acceptors (Lipinski definition) is 6. The lowest BCUT2D eigenvalue weighted by molar-refractivity contribution is -0.154. The molecule has 2 aliphatic rings. The number of pyridine rings is 1. The molecule has 1 aromatic rings. The maximum absolute atomic E-state index is 13.3. The van der Waals surface area contributed by atoms with Crippen LogP contribution >= 0.6 is 0 Å². The van der Waals surface area contributed by atoms with Gasteiger partial charge in [-0.2, -0.15) is 0 Å². The van der Waals surface area contributed by atoms with Crippen molar-refractivity contribution >= 4 is 17.8 Å². The van der Waals surface area contributed by atoms with E-state index < -0.39 is 35.6 Å². The molecule has 0 unspecified atom stereocenters. The molecule has 1 aliphatic carbocycles. The third-order valence-electron chi connectivity index (χ3n) is 8.87. The molecule has 6 heteroatoms. The van der Waals surface area contributed by atoms with Gasteiger partial charge in [-0.25, -0.2) is 0 Å². The number of hydrogen-bond donors (Lipinski definition) is 2. The van der Waals surface area contributed by atoms with Crippen molar-refractivity contribution in [3.8, 4) is 0 Å². The molecule has 200 valence electrons. The molecule has 1 aliphatic heterocycles. The van der Waals surface area contributed by atoms with Gasteiger partial charge in [0, 0.05) is 12.1 Å². The quantitative estimate of drug-likeness (QED) is 0.537. The smallest absolute Gasteiger partial charge is 0.309 e. The van der Waals surface area contributed by atoms with Gasteiger partial charge in [-0.3, -0.25) is 14.6 Å². The Balaban J connectivity index is 1.86. The highest BCUT2D eigenvalue weighted by Gasteiger charge is 2.50. The first-order valence-corrected chi connectivity index (χ1v) is 13.5. The van der Waals surface area contributed by atoms with E-state index in [0.29, 0.717) is 5.92 Å². The van der Waals surface area contributed by atoms with Crippen LogP contribution in [0.5, 0.6) is 0 Å². The molecule has 0 bridgehead atoms. The molecule has 1 aromatic heterocycles. The zero-order chi connectivity index (χ0) is 26.8. The largest absolute Gasteiger partial charge is 0.458 e. The Labute approximate surface area is 216 Å². The van der Waals surface area contributed by atoms with Crippen molar-refractivity contribution in [2.24, 2.45) is 28.6 Å². The Kier molecular flexibility index (Phi) is 8.82. The molecule has 0 amide bonds. The van der Waals surface area contributed by atoms with Crippen LogP contribution in [0.1, 0.15) is 91.3 Å². The number of aromatic nitrogens is 1. The summed E-state index contributed by atoms with van der Waals surface area (Å²) in [5, 5.41) is 21.8. The summed E-state index contributed by atoms with van der Waals surface area (Å²) in [5.74, 6) is -0.955. The van der Waals surface area contributed by atoms with E-state index in [0.717, 1.165) is 48.9 Å². The van der Waals surface area contributed by atoms with Crippen LogP contribution in [0.3, 0.4) is 0 Å². The third kappa shape index (κ3) is 6.63. The van der Waals surface area contributed by atoms with Gasteiger partial charge in [0.05, 0.1) is 29.7 Å². The monoisotopic (exact) mass is 499 g/mol. The van der Waals surface area contributed by atoms with Crippen LogP contribution < -0.4 is 0 Å². The van der Waals surface area contributed by atoms with Gasteiger partial charge in [-0.1, -0.05) is 47.1 Å². The maximum atomic E-state index is 13.3. The molecule has 0 aromatic carbocycles. The van der Waals surface area contributed by atoms with E-state index in [1.807, 2.05) is 45.2 Å². The molecular formula is C30H45NO5. The lowest BCUT2D eigenvalue weighted by Gasteiger charge is -2.34. The molecule has 1 saturated heterocycles. The van der Waals surface area contributed by atoms with E-state index in [2.05, 4.69) is 11.9 Å². The summed E-state index contributed by atoms with van der Waals surface area (Å²) in [4.78, 5) is 30.7. The highest BCUT2D eigenvalue weighted by molar-refractivity contribution is 5.88. The summed E-state index contributed by atoms with van der Waals surface area (Å²) in [7, 11) is 0. The second-order valence-electron chi connectivity index (χ2n) is 12.4. The van der Waals surface area contributed by atoms with Gasteiger partial charge in [0.25, 0.3) is 0 Å². The number of cyclic esters (lactones) is 1. The van der Waals surface area contributed by atoms with Crippen LogP contribution in [0.2, 0.25) is 0 Å². The third-order valence-corrected chi connectivity index (χ3v) is 8.87. The molecule has 0 radical (unpaired) electrons. The van der Waals surface area contributed by atoms with Crippen molar-refractivity contribution in [3.05, 3.63) is 35.2 Å². The molecule has 36 heavy (non-hydrogen) atoms.